The van der Waals surface area contributed by atoms with Gasteiger partial charge in [0.2, 0.25) is 10.0 Å². The Morgan fingerprint density at radius 3 is 2.44 bits per heavy atom. The van der Waals surface area contributed by atoms with Crippen molar-refractivity contribution in [2.24, 2.45) is 0 Å². The summed E-state index contributed by atoms with van der Waals surface area (Å²) in [4.78, 5) is 11.9. The largest absolute Gasteiger partial charge is 0.322 e. The molecule has 0 atom stereocenters. The van der Waals surface area contributed by atoms with E-state index in [-0.39, 0.29) is 29.2 Å². The van der Waals surface area contributed by atoms with Gasteiger partial charge in [0.1, 0.15) is 16.8 Å². The van der Waals surface area contributed by atoms with Gasteiger partial charge in [-0.1, -0.05) is 25.4 Å². The van der Waals surface area contributed by atoms with Crippen molar-refractivity contribution in [3.63, 3.8) is 0 Å². The van der Waals surface area contributed by atoms with Crippen LogP contribution in [0.15, 0.2) is 41.3 Å². The molecular weight excluding hydrogens is 393 g/mol. The molecule has 0 saturated carbocycles. The lowest BCUT2D eigenvalue weighted by molar-refractivity contribution is 0.102. The van der Waals surface area contributed by atoms with Crippen LogP contribution in [0.3, 0.4) is 0 Å². The molecule has 2 aromatic rings. The minimum absolute atomic E-state index is 0.0254. The minimum atomic E-state index is -4.06. The van der Waals surface area contributed by atoms with Gasteiger partial charge in [-0.15, -0.1) is 0 Å². The van der Waals surface area contributed by atoms with Crippen LogP contribution in [0, 0.1) is 17.1 Å². The van der Waals surface area contributed by atoms with E-state index in [0.717, 1.165) is 16.4 Å². The first-order valence-corrected chi connectivity index (χ1v) is 9.87. The molecule has 27 heavy (non-hydrogen) atoms. The first-order chi connectivity index (χ1) is 12.7. The Morgan fingerprint density at radius 1 is 1.22 bits per heavy atom. The van der Waals surface area contributed by atoms with Crippen molar-refractivity contribution in [3.05, 3.63) is 58.4 Å². The molecular formula is C18H17ClFN3O3S. The number of nitrogens with zero attached hydrogens (tertiary/aromatic N) is 2. The SMILES string of the molecule is CCN(CC)S(=O)(=O)c1cc(C(=O)Nc2ccc(C#N)c(Cl)c2)ccc1F. The molecule has 2 aromatic carbocycles. The van der Waals surface area contributed by atoms with Crippen LogP contribution in [0.4, 0.5) is 10.1 Å². The van der Waals surface area contributed by atoms with Crippen LogP contribution in [0.25, 0.3) is 0 Å². The molecule has 0 bridgehead atoms. The van der Waals surface area contributed by atoms with Crippen molar-refractivity contribution in [2.75, 3.05) is 18.4 Å². The quantitative estimate of drug-likeness (QED) is 0.788. The van der Waals surface area contributed by atoms with Gasteiger partial charge >= 0.3 is 0 Å². The standard InChI is InChI=1S/C18H17ClFN3O3S/c1-3-23(4-2)27(25,26)17-9-12(6-8-16(17)20)18(24)22-14-7-5-13(11-21)15(19)10-14/h5-10H,3-4H2,1-2H3,(H,22,24). The van der Waals surface area contributed by atoms with E-state index in [9.17, 15) is 17.6 Å². The van der Waals surface area contributed by atoms with Crippen molar-refractivity contribution in [3.8, 4) is 6.07 Å². The Hall–Kier alpha value is -2.47. The van der Waals surface area contributed by atoms with Crippen molar-refractivity contribution in [1.82, 2.24) is 4.31 Å². The number of hydrogen-bond donors (Lipinski definition) is 1. The summed E-state index contributed by atoms with van der Waals surface area (Å²) in [6, 6.07) is 9.37. The number of benzene rings is 2. The maximum Gasteiger partial charge on any atom is 0.255 e. The van der Waals surface area contributed by atoms with Crippen molar-refractivity contribution < 1.29 is 17.6 Å². The minimum Gasteiger partial charge on any atom is -0.322 e. The Balaban J connectivity index is 2.36. The van der Waals surface area contributed by atoms with Crippen LogP contribution in [0.5, 0.6) is 0 Å². The number of nitriles is 1. The highest BCUT2D eigenvalue weighted by Crippen LogP contribution is 2.23. The fourth-order valence-electron chi connectivity index (χ4n) is 2.43. The molecule has 0 saturated heterocycles. The summed E-state index contributed by atoms with van der Waals surface area (Å²) in [5.41, 5.74) is 0.549. The maximum absolute atomic E-state index is 14.1. The number of amides is 1. The fourth-order valence-corrected chi connectivity index (χ4v) is 4.20. The van der Waals surface area contributed by atoms with Crippen LogP contribution in [-0.4, -0.2) is 31.7 Å². The van der Waals surface area contributed by atoms with Crippen LogP contribution in [0.2, 0.25) is 5.02 Å². The lowest BCUT2D eigenvalue weighted by Crippen LogP contribution is -2.31. The molecule has 9 heteroatoms. The molecule has 0 spiro atoms. The third kappa shape index (κ3) is 4.45. The smallest absolute Gasteiger partial charge is 0.255 e. The fraction of sp³-hybridized carbons (Fsp3) is 0.222. The van der Waals surface area contributed by atoms with Gasteiger partial charge in [0.15, 0.2) is 0 Å². The van der Waals surface area contributed by atoms with Gasteiger partial charge in [-0.25, -0.2) is 12.8 Å². The van der Waals surface area contributed by atoms with Gasteiger partial charge in [0.05, 0.1) is 10.6 Å². The molecule has 0 unspecified atom stereocenters. The second kappa shape index (κ2) is 8.48. The molecule has 0 aromatic heterocycles. The second-order valence-electron chi connectivity index (χ2n) is 5.50. The monoisotopic (exact) mass is 409 g/mol. The number of sulfonamides is 1. The zero-order chi connectivity index (χ0) is 20.2. The molecule has 142 valence electrons. The number of halogens is 2. The topological polar surface area (TPSA) is 90.3 Å². The number of anilines is 1. The summed E-state index contributed by atoms with van der Waals surface area (Å²) >= 11 is 5.92. The summed E-state index contributed by atoms with van der Waals surface area (Å²) in [7, 11) is -4.06. The highest BCUT2D eigenvalue weighted by atomic mass is 35.5. The van der Waals surface area contributed by atoms with E-state index in [4.69, 9.17) is 16.9 Å². The zero-order valence-corrected chi connectivity index (χ0v) is 16.2. The summed E-state index contributed by atoms with van der Waals surface area (Å²) in [6.45, 7) is 3.64. The third-order valence-corrected chi connectivity index (χ3v) is 6.24. The molecule has 0 heterocycles. The lowest BCUT2D eigenvalue weighted by atomic mass is 10.2. The Bertz CT molecular complexity index is 1010. The number of carbonyl (C=O) groups is 1. The molecule has 0 aliphatic rings. The van der Waals surface area contributed by atoms with E-state index in [1.165, 1.54) is 24.3 Å². The molecule has 0 aliphatic heterocycles. The van der Waals surface area contributed by atoms with E-state index < -0.39 is 26.6 Å². The predicted molar refractivity (Wildman–Crippen MR) is 101 cm³/mol. The molecule has 1 N–H and O–H groups in total. The molecule has 2 rings (SSSR count). The number of carbonyl (C=O) groups excluding carboxylic acids is 1. The highest BCUT2D eigenvalue weighted by molar-refractivity contribution is 7.89. The second-order valence-corrected chi connectivity index (χ2v) is 7.81. The third-order valence-electron chi connectivity index (χ3n) is 3.86. The first kappa shape index (κ1) is 20.8. The summed E-state index contributed by atoms with van der Waals surface area (Å²) < 4.78 is 40.4. The van der Waals surface area contributed by atoms with Crippen LogP contribution in [0.1, 0.15) is 29.8 Å². The van der Waals surface area contributed by atoms with Crippen LogP contribution >= 0.6 is 11.6 Å². The molecule has 0 aliphatic carbocycles. The average molecular weight is 410 g/mol. The Morgan fingerprint density at radius 2 is 1.89 bits per heavy atom. The summed E-state index contributed by atoms with van der Waals surface area (Å²) in [5.74, 6) is -1.56. The number of rotatable bonds is 6. The molecule has 6 nitrogen and oxygen atoms in total. The van der Waals surface area contributed by atoms with Crippen LogP contribution in [-0.2, 0) is 10.0 Å². The average Bonchev–Trinajstić information content (AvgIpc) is 2.62. The highest BCUT2D eigenvalue weighted by Gasteiger charge is 2.26. The van der Waals surface area contributed by atoms with E-state index in [1.807, 2.05) is 6.07 Å². The number of hydrogen-bond acceptors (Lipinski definition) is 4. The lowest BCUT2D eigenvalue weighted by Gasteiger charge is -2.19. The van der Waals surface area contributed by atoms with Gasteiger partial charge in [-0.3, -0.25) is 4.79 Å². The zero-order valence-electron chi connectivity index (χ0n) is 14.7. The van der Waals surface area contributed by atoms with E-state index in [1.54, 1.807) is 13.8 Å². The van der Waals surface area contributed by atoms with Crippen molar-refractivity contribution >= 4 is 33.2 Å². The van der Waals surface area contributed by atoms with Gasteiger partial charge in [0.25, 0.3) is 5.91 Å². The van der Waals surface area contributed by atoms with E-state index >= 15 is 0 Å². The maximum atomic E-state index is 14.1. The first-order valence-electron chi connectivity index (χ1n) is 8.05. The molecule has 0 fully saturated rings. The predicted octanol–water partition coefficient (Wildman–Crippen LogP) is 3.63. The van der Waals surface area contributed by atoms with E-state index in [2.05, 4.69) is 5.32 Å². The van der Waals surface area contributed by atoms with Gasteiger partial charge in [-0.2, -0.15) is 9.57 Å². The summed E-state index contributed by atoms with van der Waals surface area (Å²) in [5, 5.41) is 11.6. The van der Waals surface area contributed by atoms with Crippen molar-refractivity contribution in [2.45, 2.75) is 18.7 Å². The Labute approximate surface area is 162 Å². The number of nitrogens with one attached hydrogen (secondary N) is 1. The van der Waals surface area contributed by atoms with Gasteiger partial charge in [-0.05, 0) is 36.4 Å². The molecule has 0 radical (unpaired) electrons. The van der Waals surface area contributed by atoms with Crippen molar-refractivity contribution in [1.29, 1.82) is 5.26 Å². The molecule has 1 amide bonds. The van der Waals surface area contributed by atoms with Crippen LogP contribution < -0.4 is 5.32 Å². The Kier molecular flexibility index (Phi) is 6.54. The summed E-state index contributed by atoms with van der Waals surface area (Å²) in [6.07, 6.45) is 0. The van der Waals surface area contributed by atoms with Gasteiger partial charge in [0, 0.05) is 24.3 Å². The van der Waals surface area contributed by atoms with E-state index in [0.29, 0.717) is 5.69 Å². The van der Waals surface area contributed by atoms with Gasteiger partial charge < -0.3 is 5.32 Å². The normalized spacial score (nSPS) is 11.3.